The molecular formula is C15H22O. The van der Waals surface area contributed by atoms with Gasteiger partial charge in [-0.25, -0.2) is 0 Å². The Bertz CT molecular complexity index is 299. The average molecular weight is 218 g/mol. The fourth-order valence-electron chi connectivity index (χ4n) is 5.39. The first-order valence-electron chi connectivity index (χ1n) is 7.37. The summed E-state index contributed by atoms with van der Waals surface area (Å²) in [5.41, 5.74) is 0. The largest absolute Gasteiger partial charge is 0.299 e. The minimum Gasteiger partial charge on any atom is -0.299 e. The minimum atomic E-state index is 0.548. The van der Waals surface area contributed by atoms with Crippen LogP contribution in [0.4, 0.5) is 0 Å². The van der Waals surface area contributed by atoms with Crippen LogP contribution in [-0.4, -0.2) is 5.78 Å². The van der Waals surface area contributed by atoms with E-state index >= 15 is 0 Å². The highest BCUT2D eigenvalue weighted by Crippen LogP contribution is 2.69. The summed E-state index contributed by atoms with van der Waals surface area (Å²) in [4.78, 5) is 12.3. The molecule has 0 aromatic carbocycles. The van der Waals surface area contributed by atoms with Gasteiger partial charge in [0.2, 0.25) is 0 Å². The highest BCUT2D eigenvalue weighted by atomic mass is 16.1. The predicted molar refractivity (Wildman–Crippen MR) is 62.9 cm³/mol. The normalized spacial score (nSPS) is 49.6. The summed E-state index contributed by atoms with van der Waals surface area (Å²) in [6.07, 6.45) is 10.7. The van der Waals surface area contributed by atoms with Crippen LogP contribution in [0.5, 0.6) is 0 Å². The van der Waals surface area contributed by atoms with Gasteiger partial charge in [0.05, 0.1) is 0 Å². The molecule has 16 heavy (non-hydrogen) atoms. The van der Waals surface area contributed by atoms with Gasteiger partial charge in [-0.1, -0.05) is 25.7 Å². The molecule has 4 aliphatic carbocycles. The topological polar surface area (TPSA) is 17.1 Å². The van der Waals surface area contributed by atoms with E-state index in [2.05, 4.69) is 0 Å². The van der Waals surface area contributed by atoms with Crippen molar-refractivity contribution in [3.05, 3.63) is 0 Å². The molecule has 0 saturated heterocycles. The van der Waals surface area contributed by atoms with Crippen molar-refractivity contribution in [2.24, 2.45) is 35.5 Å². The first-order valence-corrected chi connectivity index (χ1v) is 7.37. The molecule has 4 aliphatic rings. The fourth-order valence-corrected chi connectivity index (χ4v) is 5.39. The van der Waals surface area contributed by atoms with Crippen LogP contribution in [-0.2, 0) is 4.79 Å². The van der Waals surface area contributed by atoms with Crippen molar-refractivity contribution < 1.29 is 4.79 Å². The van der Waals surface area contributed by atoms with Gasteiger partial charge in [0.1, 0.15) is 5.78 Å². The molecule has 2 bridgehead atoms. The number of hydrogen-bond acceptors (Lipinski definition) is 1. The van der Waals surface area contributed by atoms with Gasteiger partial charge < -0.3 is 0 Å². The molecule has 88 valence electrons. The van der Waals surface area contributed by atoms with Crippen molar-refractivity contribution in [3.63, 3.8) is 0 Å². The molecule has 4 saturated carbocycles. The lowest BCUT2D eigenvalue weighted by Crippen LogP contribution is -2.13. The summed E-state index contributed by atoms with van der Waals surface area (Å²) in [5.74, 6) is 5.65. The highest BCUT2D eigenvalue weighted by molar-refractivity contribution is 5.85. The monoisotopic (exact) mass is 218 g/mol. The predicted octanol–water partition coefficient (Wildman–Crippen LogP) is 3.43. The van der Waals surface area contributed by atoms with Gasteiger partial charge in [-0.15, -0.1) is 0 Å². The summed E-state index contributed by atoms with van der Waals surface area (Å²) < 4.78 is 0. The Kier molecular flexibility index (Phi) is 2.02. The Morgan fingerprint density at radius 2 is 1.56 bits per heavy atom. The van der Waals surface area contributed by atoms with Gasteiger partial charge in [-0.05, 0) is 48.9 Å². The summed E-state index contributed by atoms with van der Waals surface area (Å²) in [7, 11) is 0. The van der Waals surface area contributed by atoms with E-state index in [1.165, 1.54) is 44.9 Å². The van der Waals surface area contributed by atoms with Crippen molar-refractivity contribution in [1.82, 2.24) is 0 Å². The Morgan fingerprint density at radius 3 is 2.19 bits per heavy atom. The van der Waals surface area contributed by atoms with Gasteiger partial charge in [0.15, 0.2) is 0 Å². The van der Waals surface area contributed by atoms with Crippen LogP contribution in [0.3, 0.4) is 0 Å². The number of hydrogen-bond donors (Lipinski definition) is 0. The second kappa shape index (κ2) is 3.34. The molecule has 1 heteroatoms. The van der Waals surface area contributed by atoms with E-state index in [0.717, 1.165) is 36.0 Å². The lowest BCUT2D eigenvalue weighted by atomic mass is 9.93. The van der Waals surface area contributed by atoms with E-state index in [9.17, 15) is 4.79 Å². The molecule has 4 rings (SSSR count). The first kappa shape index (κ1) is 9.67. The third-order valence-corrected chi connectivity index (χ3v) is 6.07. The lowest BCUT2D eigenvalue weighted by Gasteiger charge is -2.11. The number of carbonyl (C=O) groups excluding carboxylic acids is 1. The molecular weight excluding hydrogens is 196 g/mol. The van der Waals surface area contributed by atoms with Crippen LogP contribution in [0.2, 0.25) is 0 Å². The second-order valence-corrected chi connectivity index (χ2v) is 6.83. The maximum absolute atomic E-state index is 12.3. The van der Waals surface area contributed by atoms with Crippen LogP contribution < -0.4 is 0 Å². The van der Waals surface area contributed by atoms with Crippen LogP contribution >= 0.6 is 0 Å². The number of carbonyl (C=O) groups is 1. The number of ketones is 1. The van der Waals surface area contributed by atoms with Gasteiger partial charge in [0, 0.05) is 12.3 Å². The number of fused-ring (bicyclic) bond motifs is 5. The summed E-state index contributed by atoms with van der Waals surface area (Å²) in [5, 5.41) is 0. The first-order chi connectivity index (χ1) is 7.84. The van der Waals surface area contributed by atoms with E-state index in [1.54, 1.807) is 0 Å². The number of Topliss-reactive ketones (excluding diaryl/α,β-unsaturated/α-hetero) is 1. The molecule has 4 unspecified atom stereocenters. The van der Waals surface area contributed by atoms with Gasteiger partial charge >= 0.3 is 0 Å². The van der Waals surface area contributed by atoms with Crippen LogP contribution in [0.25, 0.3) is 0 Å². The second-order valence-electron chi connectivity index (χ2n) is 6.83. The fraction of sp³-hybridized carbons (Fsp3) is 0.933. The molecule has 4 fully saturated rings. The summed E-state index contributed by atoms with van der Waals surface area (Å²) in [6, 6.07) is 0. The third kappa shape index (κ3) is 1.26. The van der Waals surface area contributed by atoms with Crippen molar-refractivity contribution >= 4 is 5.78 Å². The van der Waals surface area contributed by atoms with Crippen LogP contribution in [0.15, 0.2) is 0 Å². The van der Waals surface area contributed by atoms with E-state index in [-0.39, 0.29) is 0 Å². The standard InChI is InChI=1S/C15H22O/c16-12(7-9-3-1-2-4-9)15-13-10-5-6-11(8-10)14(13)15/h9-11,13-15H,1-8H2. The summed E-state index contributed by atoms with van der Waals surface area (Å²) in [6.45, 7) is 0. The van der Waals surface area contributed by atoms with Crippen molar-refractivity contribution in [2.75, 3.05) is 0 Å². The zero-order valence-corrected chi connectivity index (χ0v) is 10.0. The molecule has 1 nitrogen and oxygen atoms in total. The van der Waals surface area contributed by atoms with Crippen molar-refractivity contribution in [2.45, 2.75) is 51.4 Å². The number of rotatable bonds is 3. The van der Waals surface area contributed by atoms with Gasteiger partial charge in [-0.2, -0.15) is 0 Å². The molecule has 0 aliphatic heterocycles. The van der Waals surface area contributed by atoms with E-state index < -0.39 is 0 Å². The Balaban J connectivity index is 1.39. The molecule has 0 heterocycles. The maximum Gasteiger partial charge on any atom is 0.136 e. The van der Waals surface area contributed by atoms with Crippen LogP contribution in [0, 0.1) is 35.5 Å². The van der Waals surface area contributed by atoms with Gasteiger partial charge in [0.25, 0.3) is 0 Å². The van der Waals surface area contributed by atoms with Crippen LogP contribution in [0.1, 0.15) is 51.4 Å². The SMILES string of the molecule is O=C(CC1CCCC1)C1C2C3CCC(C3)C12. The maximum atomic E-state index is 12.3. The van der Waals surface area contributed by atoms with E-state index in [4.69, 9.17) is 0 Å². The molecule has 4 atom stereocenters. The van der Waals surface area contributed by atoms with E-state index in [1.807, 2.05) is 0 Å². The third-order valence-electron chi connectivity index (χ3n) is 6.07. The quantitative estimate of drug-likeness (QED) is 0.709. The Hall–Kier alpha value is -0.330. The highest BCUT2D eigenvalue weighted by Gasteiger charge is 2.66. The smallest absolute Gasteiger partial charge is 0.136 e. The average Bonchev–Trinajstić information content (AvgIpc) is 2.73. The lowest BCUT2D eigenvalue weighted by molar-refractivity contribution is -0.122. The van der Waals surface area contributed by atoms with Crippen molar-refractivity contribution in [3.8, 4) is 0 Å². The molecule has 0 aromatic rings. The zero-order chi connectivity index (χ0) is 10.7. The van der Waals surface area contributed by atoms with Gasteiger partial charge in [-0.3, -0.25) is 4.79 Å². The molecule has 0 amide bonds. The van der Waals surface area contributed by atoms with Crippen molar-refractivity contribution in [1.29, 1.82) is 0 Å². The molecule has 0 radical (unpaired) electrons. The summed E-state index contributed by atoms with van der Waals surface area (Å²) >= 11 is 0. The molecule has 0 aromatic heterocycles. The zero-order valence-electron chi connectivity index (χ0n) is 10.0. The van der Waals surface area contributed by atoms with E-state index in [0.29, 0.717) is 11.7 Å². The molecule has 0 N–H and O–H groups in total. The minimum absolute atomic E-state index is 0.548. The Labute approximate surface area is 98.0 Å². The molecule has 0 spiro atoms. The Morgan fingerprint density at radius 1 is 0.938 bits per heavy atom.